The van der Waals surface area contributed by atoms with E-state index in [-0.39, 0.29) is 6.10 Å². The van der Waals surface area contributed by atoms with Crippen molar-refractivity contribution in [2.24, 2.45) is 0 Å². The van der Waals surface area contributed by atoms with Crippen molar-refractivity contribution in [1.29, 1.82) is 0 Å². The van der Waals surface area contributed by atoms with Crippen molar-refractivity contribution in [3.63, 3.8) is 0 Å². The first-order valence-electron chi connectivity index (χ1n) is 5.94. The topological polar surface area (TPSA) is 39.4 Å². The number of ether oxygens (including phenoxy) is 1. The average molecular weight is 252 g/mol. The zero-order valence-electron chi connectivity index (χ0n) is 9.69. The average Bonchev–Trinajstić information content (AvgIpc) is 2.96. The standard InChI is InChI=1S/C12H14ClN3O/c1-2-8-6-11(13)16-12(14-8)7-9(15-16)10-4-3-5-17-10/h6-7,10H,2-5H2,1H3. The molecule has 1 saturated heterocycles. The Hall–Kier alpha value is -1.13. The van der Waals surface area contributed by atoms with Gasteiger partial charge in [0, 0.05) is 18.4 Å². The molecule has 0 radical (unpaired) electrons. The summed E-state index contributed by atoms with van der Waals surface area (Å²) in [7, 11) is 0. The van der Waals surface area contributed by atoms with Crippen LogP contribution in [0.5, 0.6) is 0 Å². The molecule has 5 heteroatoms. The number of hydrogen-bond donors (Lipinski definition) is 0. The Bertz CT molecular complexity index is 546. The molecule has 1 aliphatic rings. The number of hydrogen-bond acceptors (Lipinski definition) is 3. The van der Waals surface area contributed by atoms with Gasteiger partial charge in [0.25, 0.3) is 0 Å². The highest BCUT2D eigenvalue weighted by Crippen LogP contribution is 2.28. The van der Waals surface area contributed by atoms with E-state index in [4.69, 9.17) is 16.3 Å². The minimum atomic E-state index is 0.109. The molecule has 0 N–H and O–H groups in total. The number of aromatic nitrogens is 3. The maximum atomic E-state index is 6.18. The SMILES string of the molecule is CCc1cc(Cl)n2nc(C3CCCO3)cc2n1. The van der Waals surface area contributed by atoms with Crippen molar-refractivity contribution in [1.82, 2.24) is 14.6 Å². The lowest BCUT2D eigenvalue weighted by Gasteiger charge is -2.03. The van der Waals surface area contributed by atoms with Gasteiger partial charge in [-0.1, -0.05) is 18.5 Å². The van der Waals surface area contributed by atoms with Crippen molar-refractivity contribution in [2.45, 2.75) is 32.3 Å². The Labute approximate surface area is 105 Å². The van der Waals surface area contributed by atoms with Crippen molar-refractivity contribution in [2.75, 3.05) is 6.61 Å². The molecule has 4 nitrogen and oxygen atoms in total. The van der Waals surface area contributed by atoms with E-state index in [2.05, 4.69) is 17.0 Å². The molecule has 3 rings (SSSR count). The summed E-state index contributed by atoms with van der Waals surface area (Å²) in [6.07, 6.45) is 3.11. The highest BCUT2D eigenvalue weighted by molar-refractivity contribution is 6.29. The Balaban J connectivity index is 2.08. The fourth-order valence-corrected chi connectivity index (χ4v) is 2.40. The van der Waals surface area contributed by atoms with Crippen molar-refractivity contribution >= 4 is 17.2 Å². The van der Waals surface area contributed by atoms with Crippen LogP contribution in [-0.2, 0) is 11.2 Å². The van der Waals surface area contributed by atoms with E-state index >= 15 is 0 Å². The number of nitrogens with zero attached hydrogens (tertiary/aromatic N) is 3. The van der Waals surface area contributed by atoms with Crippen LogP contribution in [0.25, 0.3) is 5.65 Å². The second kappa shape index (κ2) is 4.27. The molecule has 1 unspecified atom stereocenters. The predicted octanol–water partition coefficient (Wildman–Crippen LogP) is 2.80. The number of aryl methyl sites for hydroxylation is 1. The molecule has 1 aliphatic heterocycles. The van der Waals surface area contributed by atoms with Crippen molar-refractivity contribution < 1.29 is 4.74 Å². The monoisotopic (exact) mass is 251 g/mol. The summed E-state index contributed by atoms with van der Waals surface area (Å²) in [5, 5.41) is 5.07. The third kappa shape index (κ3) is 1.91. The number of halogens is 1. The first-order valence-corrected chi connectivity index (χ1v) is 6.32. The van der Waals surface area contributed by atoms with Gasteiger partial charge in [-0.25, -0.2) is 9.50 Å². The van der Waals surface area contributed by atoms with Crippen LogP contribution < -0.4 is 0 Å². The lowest BCUT2D eigenvalue weighted by atomic mass is 10.2. The summed E-state index contributed by atoms with van der Waals surface area (Å²) < 4.78 is 7.30. The molecule has 0 aliphatic carbocycles. The maximum absolute atomic E-state index is 6.18. The zero-order chi connectivity index (χ0) is 11.8. The molecular weight excluding hydrogens is 238 g/mol. The fourth-order valence-electron chi connectivity index (χ4n) is 2.15. The van der Waals surface area contributed by atoms with E-state index in [0.29, 0.717) is 5.15 Å². The van der Waals surface area contributed by atoms with Crippen molar-refractivity contribution in [3.8, 4) is 0 Å². The summed E-state index contributed by atoms with van der Waals surface area (Å²) in [4.78, 5) is 4.51. The van der Waals surface area contributed by atoms with Crippen LogP contribution in [0.1, 0.15) is 37.3 Å². The molecule has 0 spiro atoms. The largest absolute Gasteiger partial charge is 0.372 e. The molecule has 3 heterocycles. The Morgan fingerprint density at radius 1 is 1.53 bits per heavy atom. The molecule has 0 aromatic carbocycles. The quantitative estimate of drug-likeness (QED) is 0.771. The highest BCUT2D eigenvalue weighted by Gasteiger charge is 2.21. The second-order valence-electron chi connectivity index (χ2n) is 4.26. The highest BCUT2D eigenvalue weighted by atomic mass is 35.5. The van der Waals surface area contributed by atoms with Gasteiger partial charge >= 0.3 is 0 Å². The van der Waals surface area contributed by atoms with Crippen LogP contribution in [0.3, 0.4) is 0 Å². The molecule has 0 saturated carbocycles. The van der Waals surface area contributed by atoms with Gasteiger partial charge in [0.2, 0.25) is 0 Å². The van der Waals surface area contributed by atoms with Gasteiger partial charge in [-0.05, 0) is 25.3 Å². The van der Waals surface area contributed by atoms with Gasteiger partial charge in [0.05, 0.1) is 5.69 Å². The van der Waals surface area contributed by atoms with Gasteiger partial charge in [-0.15, -0.1) is 0 Å². The molecule has 0 bridgehead atoms. The Morgan fingerprint density at radius 3 is 3.12 bits per heavy atom. The summed E-state index contributed by atoms with van der Waals surface area (Å²) in [5.41, 5.74) is 2.73. The van der Waals surface area contributed by atoms with E-state index in [0.717, 1.165) is 42.9 Å². The molecule has 2 aromatic rings. The van der Waals surface area contributed by atoms with Crippen LogP contribution in [0.15, 0.2) is 12.1 Å². The van der Waals surface area contributed by atoms with Crippen LogP contribution in [0.2, 0.25) is 5.15 Å². The Kier molecular flexibility index (Phi) is 2.76. The van der Waals surface area contributed by atoms with Crippen LogP contribution >= 0.6 is 11.6 Å². The fraction of sp³-hybridized carbons (Fsp3) is 0.500. The first kappa shape index (κ1) is 11.0. The molecule has 1 atom stereocenters. The van der Waals surface area contributed by atoms with Crippen LogP contribution in [0, 0.1) is 0 Å². The minimum absolute atomic E-state index is 0.109. The van der Waals surface area contributed by atoms with Crippen LogP contribution in [-0.4, -0.2) is 21.2 Å². The summed E-state index contributed by atoms with van der Waals surface area (Å²) in [6, 6.07) is 3.84. The molecule has 90 valence electrons. The molecule has 17 heavy (non-hydrogen) atoms. The lowest BCUT2D eigenvalue weighted by molar-refractivity contribution is 0.108. The van der Waals surface area contributed by atoms with Crippen molar-refractivity contribution in [3.05, 3.63) is 28.7 Å². The van der Waals surface area contributed by atoms with Gasteiger partial charge in [0.1, 0.15) is 11.3 Å². The smallest absolute Gasteiger partial charge is 0.157 e. The third-order valence-corrected chi connectivity index (χ3v) is 3.35. The second-order valence-corrected chi connectivity index (χ2v) is 4.65. The molecule has 2 aromatic heterocycles. The van der Waals surface area contributed by atoms with Gasteiger partial charge < -0.3 is 4.74 Å². The zero-order valence-corrected chi connectivity index (χ0v) is 10.4. The van der Waals surface area contributed by atoms with E-state index in [9.17, 15) is 0 Å². The lowest BCUT2D eigenvalue weighted by Crippen LogP contribution is -1.98. The van der Waals surface area contributed by atoms with Gasteiger partial charge in [-0.2, -0.15) is 5.10 Å². The molecular formula is C12H14ClN3O. The first-order chi connectivity index (χ1) is 8.28. The van der Waals surface area contributed by atoms with E-state index < -0.39 is 0 Å². The third-order valence-electron chi connectivity index (χ3n) is 3.08. The van der Waals surface area contributed by atoms with E-state index in [1.54, 1.807) is 4.52 Å². The summed E-state index contributed by atoms with van der Waals surface area (Å²) in [6.45, 7) is 2.88. The number of rotatable bonds is 2. The minimum Gasteiger partial charge on any atom is -0.372 e. The number of fused-ring (bicyclic) bond motifs is 1. The summed E-state index contributed by atoms with van der Waals surface area (Å²) >= 11 is 6.18. The van der Waals surface area contributed by atoms with Crippen LogP contribution in [0.4, 0.5) is 0 Å². The Morgan fingerprint density at radius 2 is 2.41 bits per heavy atom. The summed E-state index contributed by atoms with van der Waals surface area (Å²) in [5.74, 6) is 0. The van der Waals surface area contributed by atoms with Gasteiger partial charge in [0.15, 0.2) is 5.65 Å². The predicted molar refractivity (Wildman–Crippen MR) is 65.3 cm³/mol. The normalized spacial score (nSPS) is 20.2. The maximum Gasteiger partial charge on any atom is 0.157 e. The van der Waals surface area contributed by atoms with E-state index in [1.807, 2.05) is 12.1 Å². The molecule has 0 amide bonds. The van der Waals surface area contributed by atoms with E-state index in [1.165, 1.54) is 0 Å². The molecule has 1 fully saturated rings. The van der Waals surface area contributed by atoms with Gasteiger partial charge in [-0.3, -0.25) is 0 Å².